The van der Waals surface area contributed by atoms with Crippen LogP contribution in [0, 0.1) is 5.92 Å². The predicted molar refractivity (Wildman–Crippen MR) is 91.9 cm³/mol. The van der Waals surface area contributed by atoms with E-state index in [-0.39, 0.29) is 4.11 Å². The molecule has 5 heteroatoms. The molecule has 0 bridgehead atoms. The number of nitrogen functional groups attached to an aromatic ring is 2. The Morgan fingerprint density at radius 2 is 1.50 bits per heavy atom. The van der Waals surface area contributed by atoms with Crippen LogP contribution < -0.4 is 16.2 Å². The molecular weight excluding hydrogens is 365 g/mol. The Morgan fingerprint density at radius 3 is 2.05 bits per heavy atom. The van der Waals surface area contributed by atoms with Crippen molar-refractivity contribution < 1.29 is 4.74 Å². The maximum atomic E-state index is 6.04. The quantitative estimate of drug-likeness (QED) is 0.602. The van der Waals surface area contributed by atoms with Crippen LogP contribution in [0.25, 0.3) is 0 Å². The van der Waals surface area contributed by atoms with Crippen molar-refractivity contribution in [2.45, 2.75) is 55.5 Å². The molecule has 1 heterocycles. The van der Waals surface area contributed by atoms with Crippen molar-refractivity contribution in [1.82, 2.24) is 4.98 Å². The van der Waals surface area contributed by atoms with Crippen molar-refractivity contribution in [2.24, 2.45) is 5.92 Å². The Labute approximate surface area is 134 Å². The molecule has 4 N–H and O–H groups in total. The first-order valence-corrected chi connectivity index (χ1v) is 8.73. The summed E-state index contributed by atoms with van der Waals surface area (Å²) in [4.78, 5) is 3.97. The summed E-state index contributed by atoms with van der Waals surface area (Å²) in [6, 6.07) is 3.49. The number of aromatic nitrogens is 1. The zero-order chi connectivity index (χ0) is 14.4. The van der Waals surface area contributed by atoms with Crippen LogP contribution in [0.2, 0.25) is 0 Å². The van der Waals surface area contributed by atoms with Gasteiger partial charge in [-0.3, -0.25) is 0 Å². The van der Waals surface area contributed by atoms with Crippen molar-refractivity contribution >= 4 is 34.2 Å². The zero-order valence-corrected chi connectivity index (χ0v) is 14.0. The molecule has 1 unspecified atom stereocenters. The number of nitrogens with two attached hydrogens (primary N) is 2. The first-order valence-electron chi connectivity index (χ1n) is 7.49. The van der Waals surface area contributed by atoms with Gasteiger partial charge in [0.15, 0.2) is 4.11 Å². The van der Waals surface area contributed by atoms with E-state index >= 15 is 0 Å². The van der Waals surface area contributed by atoms with Gasteiger partial charge in [0.2, 0.25) is 0 Å². The van der Waals surface area contributed by atoms with E-state index in [9.17, 15) is 0 Å². The van der Waals surface area contributed by atoms with E-state index in [1.165, 1.54) is 51.4 Å². The number of halogens is 1. The molecule has 2 rings (SSSR count). The van der Waals surface area contributed by atoms with Crippen molar-refractivity contribution in [3.8, 4) is 5.75 Å². The van der Waals surface area contributed by atoms with E-state index in [0.717, 1.165) is 5.75 Å². The second-order valence-corrected chi connectivity index (χ2v) is 6.81. The molecule has 1 aromatic heterocycles. The molecule has 1 aliphatic rings. The van der Waals surface area contributed by atoms with Crippen LogP contribution >= 0.6 is 22.6 Å². The molecule has 1 aliphatic carbocycles. The summed E-state index contributed by atoms with van der Waals surface area (Å²) >= 11 is 2.41. The highest BCUT2D eigenvalue weighted by Crippen LogP contribution is 2.31. The van der Waals surface area contributed by atoms with Crippen molar-refractivity contribution in [2.75, 3.05) is 11.5 Å². The number of rotatable bonds is 3. The van der Waals surface area contributed by atoms with Gasteiger partial charge in [0.05, 0.1) is 0 Å². The molecule has 0 aromatic carbocycles. The molecular formula is C15H24IN3O. The summed E-state index contributed by atoms with van der Waals surface area (Å²) in [7, 11) is 0. The third kappa shape index (κ3) is 5.00. The lowest BCUT2D eigenvalue weighted by Gasteiger charge is -2.23. The number of anilines is 2. The number of ether oxygens (including phenoxy) is 1. The average molecular weight is 389 g/mol. The van der Waals surface area contributed by atoms with Crippen LogP contribution in [0.4, 0.5) is 11.6 Å². The van der Waals surface area contributed by atoms with Gasteiger partial charge in [0.25, 0.3) is 0 Å². The van der Waals surface area contributed by atoms with Gasteiger partial charge in [-0.15, -0.1) is 0 Å². The van der Waals surface area contributed by atoms with Gasteiger partial charge < -0.3 is 16.2 Å². The van der Waals surface area contributed by atoms with Crippen molar-refractivity contribution in [3.63, 3.8) is 0 Å². The van der Waals surface area contributed by atoms with E-state index in [1.807, 2.05) is 0 Å². The Bertz CT molecular complexity index is 397. The largest absolute Gasteiger partial charge is 0.480 e. The van der Waals surface area contributed by atoms with E-state index in [0.29, 0.717) is 17.6 Å². The normalized spacial score (nSPS) is 19.6. The minimum Gasteiger partial charge on any atom is -0.480 e. The Balaban J connectivity index is 1.95. The first-order chi connectivity index (χ1) is 9.65. The molecule has 0 aliphatic heterocycles. The molecule has 0 radical (unpaired) electrons. The fraction of sp³-hybridized carbons (Fsp3) is 0.667. The summed E-state index contributed by atoms with van der Waals surface area (Å²) in [6.07, 6.45) is 10.6. The monoisotopic (exact) mass is 389 g/mol. The predicted octanol–water partition coefficient (Wildman–Crippen LogP) is 4.14. The number of hydrogen-bond donors (Lipinski definition) is 2. The van der Waals surface area contributed by atoms with Crippen LogP contribution in [0.5, 0.6) is 5.75 Å². The van der Waals surface area contributed by atoms with Crippen LogP contribution in [0.1, 0.15) is 51.4 Å². The topological polar surface area (TPSA) is 74.2 Å². The Morgan fingerprint density at radius 1 is 1.00 bits per heavy atom. The summed E-state index contributed by atoms with van der Waals surface area (Å²) in [5, 5.41) is 0. The van der Waals surface area contributed by atoms with Crippen LogP contribution in [-0.4, -0.2) is 9.09 Å². The minimum atomic E-state index is 0.173. The lowest BCUT2D eigenvalue weighted by molar-refractivity contribution is 0.210. The number of hydrogen-bond acceptors (Lipinski definition) is 4. The summed E-state index contributed by atoms with van der Waals surface area (Å²) < 4.78 is 6.21. The van der Waals surface area contributed by atoms with E-state index in [2.05, 4.69) is 27.6 Å². The van der Waals surface area contributed by atoms with Gasteiger partial charge in [-0.2, -0.15) is 0 Å². The molecule has 1 fully saturated rings. The smallest absolute Gasteiger partial charge is 0.152 e. The zero-order valence-electron chi connectivity index (χ0n) is 11.9. The molecule has 4 nitrogen and oxygen atoms in total. The van der Waals surface area contributed by atoms with Gasteiger partial charge in [-0.05, 0) is 35.4 Å². The minimum absolute atomic E-state index is 0.173. The van der Waals surface area contributed by atoms with E-state index < -0.39 is 0 Å². The molecule has 1 saturated carbocycles. The summed E-state index contributed by atoms with van der Waals surface area (Å²) in [5.74, 6) is 2.18. The van der Waals surface area contributed by atoms with Gasteiger partial charge >= 0.3 is 0 Å². The Kier molecular flexibility index (Phi) is 6.19. The average Bonchev–Trinajstić information content (AvgIpc) is 2.50. The highest BCUT2D eigenvalue weighted by atomic mass is 127. The maximum Gasteiger partial charge on any atom is 0.152 e. The van der Waals surface area contributed by atoms with Gasteiger partial charge in [-0.1, -0.05) is 38.5 Å². The lowest BCUT2D eigenvalue weighted by Crippen LogP contribution is -2.21. The van der Waals surface area contributed by atoms with E-state index in [1.54, 1.807) is 12.1 Å². The van der Waals surface area contributed by atoms with Gasteiger partial charge in [0, 0.05) is 18.1 Å². The molecule has 0 spiro atoms. The Hall–Kier alpha value is -0.720. The number of alkyl halides is 1. The van der Waals surface area contributed by atoms with Gasteiger partial charge in [0.1, 0.15) is 17.4 Å². The van der Waals surface area contributed by atoms with Crippen molar-refractivity contribution in [1.29, 1.82) is 0 Å². The molecule has 1 atom stereocenters. The molecule has 0 amide bonds. The van der Waals surface area contributed by atoms with Crippen LogP contribution in [0.3, 0.4) is 0 Å². The van der Waals surface area contributed by atoms with E-state index in [4.69, 9.17) is 16.2 Å². The van der Waals surface area contributed by atoms with Crippen LogP contribution in [0.15, 0.2) is 12.1 Å². The highest BCUT2D eigenvalue weighted by Gasteiger charge is 2.21. The number of nitrogens with zero attached hydrogens (tertiary/aromatic N) is 1. The summed E-state index contributed by atoms with van der Waals surface area (Å²) in [6.45, 7) is 0. The molecule has 112 valence electrons. The molecule has 0 saturated heterocycles. The van der Waals surface area contributed by atoms with Crippen molar-refractivity contribution in [3.05, 3.63) is 12.1 Å². The maximum absolute atomic E-state index is 6.04. The standard InChI is InChI=1S/C15H24IN3O/c16-15(11-7-5-3-1-2-4-6-8-11)20-12-9-13(17)19-14(18)10-12/h9-11,15H,1-8H2,(H4,17,18,19). The fourth-order valence-electron chi connectivity index (χ4n) is 2.77. The third-order valence-corrected chi connectivity index (χ3v) is 5.13. The second kappa shape index (κ2) is 7.90. The molecule has 20 heavy (non-hydrogen) atoms. The lowest BCUT2D eigenvalue weighted by atomic mass is 9.98. The second-order valence-electron chi connectivity index (χ2n) is 5.58. The summed E-state index contributed by atoms with van der Waals surface area (Å²) in [5.41, 5.74) is 11.4. The first kappa shape index (κ1) is 15.7. The van der Waals surface area contributed by atoms with Gasteiger partial charge in [-0.25, -0.2) is 4.98 Å². The van der Waals surface area contributed by atoms with Crippen LogP contribution in [-0.2, 0) is 0 Å². The fourth-order valence-corrected chi connectivity index (χ4v) is 3.78. The highest BCUT2D eigenvalue weighted by molar-refractivity contribution is 14.1. The number of pyridine rings is 1. The third-order valence-electron chi connectivity index (χ3n) is 3.86. The molecule has 1 aromatic rings. The SMILES string of the molecule is Nc1cc(OC(I)C2CCCCCCCC2)cc(N)n1.